The van der Waals surface area contributed by atoms with Crippen LogP contribution in [0, 0.1) is 0 Å². The lowest BCUT2D eigenvalue weighted by Gasteiger charge is -2.09. The highest BCUT2D eigenvalue weighted by Crippen LogP contribution is 2.29. The zero-order valence-electron chi connectivity index (χ0n) is 9.12. The largest absolute Gasteiger partial charge is 0.478 e. The second-order valence-corrected chi connectivity index (χ2v) is 4.33. The second kappa shape index (κ2) is 3.45. The van der Waals surface area contributed by atoms with Crippen molar-refractivity contribution in [3.05, 3.63) is 35.0 Å². The van der Waals surface area contributed by atoms with Crippen LogP contribution in [0.5, 0.6) is 0 Å². The first-order valence-corrected chi connectivity index (χ1v) is 5.54. The quantitative estimate of drug-likeness (QED) is 0.784. The molecule has 0 spiro atoms. The van der Waals surface area contributed by atoms with E-state index in [9.17, 15) is 9.59 Å². The fourth-order valence-electron chi connectivity index (χ4n) is 2.47. The molecule has 1 aromatic heterocycles. The Morgan fingerprint density at radius 2 is 2.12 bits per heavy atom. The van der Waals surface area contributed by atoms with E-state index >= 15 is 0 Å². The number of carboxylic acid groups (broad SMARTS) is 1. The molecule has 0 saturated heterocycles. The maximum absolute atomic E-state index is 11.5. The number of aromatic nitrogens is 1. The molecule has 0 radical (unpaired) electrons. The maximum Gasteiger partial charge on any atom is 0.337 e. The van der Waals surface area contributed by atoms with Gasteiger partial charge in [0.15, 0.2) is 0 Å². The maximum atomic E-state index is 11.5. The number of para-hydroxylation sites is 1. The van der Waals surface area contributed by atoms with Crippen molar-refractivity contribution in [2.75, 3.05) is 0 Å². The number of rotatable bonds is 1. The van der Waals surface area contributed by atoms with Gasteiger partial charge in [0.2, 0.25) is 0 Å². The van der Waals surface area contributed by atoms with Crippen LogP contribution in [0.2, 0.25) is 0 Å². The number of fused-ring (bicyclic) bond motifs is 3. The minimum Gasteiger partial charge on any atom is -0.478 e. The molecule has 3 rings (SSSR count). The standard InChI is InChI=1S/C13H11NO3/c15-7-4-5-11-10(6-7)8-2-1-3-9(13(16)17)12(8)14-11/h1-3,14H,4-6H2,(H,16,17). The van der Waals surface area contributed by atoms with Gasteiger partial charge in [0.1, 0.15) is 5.78 Å². The van der Waals surface area contributed by atoms with Gasteiger partial charge in [-0.05, 0) is 18.1 Å². The van der Waals surface area contributed by atoms with Crippen LogP contribution in [-0.4, -0.2) is 21.8 Å². The number of aromatic amines is 1. The average Bonchev–Trinajstić information content (AvgIpc) is 2.66. The second-order valence-electron chi connectivity index (χ2n) is 4.33. The summed E-state index contributed by atoms with van der Waals surface area (Å²) in [5, 5.41) is 9.98. The first-order chi connectivity index (χ1) is 8.16. The van der Waals surface area contributed by atoms with Crippen LogP contribution < -0.4 is 0 Å². The van der Waals surface area contributed by atoms with Gasteiger partial charge in [0, 0.05) is 23.9 Å². The van der Waals surface area contributed by atoms with Gasteiger partial charge in [-0.1, -0.05) is 12.1 Å². The van der Waals surface area contributed by atoms with Gasteiger partial charge in [-0.25, -0.2) is 4.79 Å². The molecule has 86 valence electrons. The fourth-order valence-corrected chi connectivity index (χ4v) is 2.47. The summed E-state index contributed by atoms with van der Waals surface area (Å²) < 4.78 is 0. The predicted molar refractivity (Wildman–Crippen MR) is 62.3 cm³/mol. The van der Waals surface area contributed by atoms with Crippen molar-refractivity contribution >= 4 is 22.7 Å². The minimum absolute atomic E-state index is 0.221. The number of Topliss-reactive ketones (excluding diaryl/α,β-unsaturated/α-hetero) is 1. The summed E-state index contributed by atoms with van der Waals surface area (Å²) in [6.45, 7) is 0. The highest BCUT2D eigenvalue weighted by Gasteiger charge is 2.22. The number of aromatic carboxylic acids is 1. The van der Waals surface area contributed by atoms with E-state index in [1.165, 1.54) is 0 Å². The molecule has 1 aliphatic carbocycles. The Hall–Kier alpha value is -2.10. The van der Waals surface area contributed by atoms with Crippen molar-refractivity contribution in [2.24, 2.45) is 0 Å². The summed E-state index contributed by atoms with van der Waals surface area (Å²) in [7, 11) is 0. The third-order valence-corrected chi connectivity index (χ3v) is 3.29. The van der Waals surface area contributed by atoms with Crippen molar-refractivity contribution in [1.29, 1.82) is 0 Å². The summed E-state index contributed by atoms with van der Waals surface area (Å²) in [5.74, 6) is -0.723. The predicted octanol–water partition coefficient (Wildman–Crippen LogP) is 1.92. The zero-order chi connectivity index (χ0) is 12.0. The number of benzene rings is 1. The highest BCUT2D eigenvalue weighted by molar-refractivity contribution is 6.04. The van der Waals surface area contributed by atoms with Crippen molar-refractivity contribution in [3.8, 4) is 0 Å². The number of aryl methyl sites for hydroxylation is 1. The fraction of sp³-hybridized carbons (Fsp3) is 0.231. The Morgan fingerprint density at radius 3 is 2.88 bits per heavy atom. The van der Waals surface area contributed by atoms with Crippen LogP contribution in [0.15, 0.2) is 18.2 Å². The molecule has 0 saturated carbocycles. The molecule has 0 aliphatic heterocycles. The molecule has 1 heterocycles. The molecule has 1 aromatic carbocycles. The third-order valence-electron chi connectivity index (χ3n) is 3.29. The summed E-state index contributed by atoms with van der Waals surface area (Å²) in [6, 6.07) is 5.17. The molecular formula is C13H11NO3. The number of hydrogen-bond donors (Lipinski definition) is 2. The number of carbonyl (C=O) groups is 2. The summed E-state index contributed by atoms with van der Waals surface area (Å²) in [6.07, 6.45) is 1.64. The number of ketones is 1. The Bertz CT molecular complexity index is 639. The Labute approximate surface area is 97.3 Å². The summed E-state index contributed by atoms with van der Waals surface area (Å²) in [5.41, 5.74) is 2.89. The number of carbonyl (C=O) groups excluding carboxylic acids is 1. The smallest absolute Gasteiger partial charge is 0.337 e. The molecule has 17 heavy (non-hydrogen) atoms. The molecule has 0 amide bonds. The summed E-state index contributed by atoms with van der Waals surface area (Å²) >= 11 is 0. The van der Waals surface area contributed by atoms with Crippen molar-refractivity contribution in [1.82, 2.24) is 4.98 Å². The van der Waals surface area contributed by atoms with Crippen molar-refractivity contribution in [3.63, 3.8) is 0 Å². The average molecular weight is 229 g/mol. The molecule has 0 atom stereocenters. The van der Waals surface area contributed by atoms with Crippen LogP contribution in [0.3, 0.4) is 0 Å². The Morgan fingerprint density at radius 1 is 1.29 bits per heavy atom. The van der Waals surface area contributed by atoms with Crippen molar-refractivity contribution < 1.29 is 14.7 Å². The molecule has 0 unspecified atom stereocenters. The van der Waals surface area contributed by atoms with Gasteiger partial charge < -0.3 is 10.1 Å². The van der Waals surface area contributed by atoms with Crippen LogP contribution in [-0.2, 0) is 17.6 Å². The summed E-state index contributed by atoms with van der Waals surface area (Å²) in [4.78, 5) is 25.7. The van der Waals surface area contributed by atoms with Crippen molar-refractivity contribution in [2.45, 2.75) is 19.3 Å². The number of hydrogen-bond acceptors (Lipinski definition) is 2. The van der Waals surface area contributed by atoms with Crippen LogP contribution in [0.1, 0.15) is 28.0 Å². The van der Waals surface area contributed by atoms with E-state index in [1.54, 1.807) is 12.1 Å². The van der Waals surface area contributed by atoms with Gasteiger partial charge in [-0.3, -0.25) is 4.79 Å². The lowest BCUT2D eigenvalue weighted by atomic mass is 9.94. The molecule has 1 aliphatic rings. The minimum atomic E-state index is -0.944. The van der Waals surface area contributed by atoms with Gasteiger partial charge in [-0.2, -0.15) is 0 Å². The molecule has 4 heteroatoms. The molecule has 2 aromatic rings. The normalized spacial score (nSPS) is 14.9. The van der Waals surface area contributed by atoms with E-state index < -0.39 is 5.97 Å². The van der Waals surface area contributed by atoms with E-state index in [4.69, 9.17) is 5.11 Å². The van der Waals surface area contributed by atoms with E-state index in [0.29, 0.717) is 24.8 Å². The van der Waals surface area contributed by atoms with Gasteiger partial charge in [-0.15, -0.1) is 0 Å². The first kappa shape index (κ1) is 10.1. The highest BCUT2D eigenvalue weighted by atomic mass is 16.4. The van der Waals surface area contributed by atoms with Gasteiger partial charge >= 0.3 is 5.97 Å². The monoisotopic (exact) mass is 229 g/mol. The SMILES string of the molecule is O=C1CCc2[nH]c3c(C(=O)O)cccc3c2C1. The van der Waals surface area contributed by atoms with Crippen LogP contribution >= 0.6 is 0 Å². The van der Waals surface area contributed by atoms with Gasteiger partial charge in [0.05, 0.1) is 11.1 Å². The number of H-pyrrole nitrogens is 1. The molecular weight excluding hydrogens is 218 g/mol. The third kappa shape index (κ3) is 1.45. The molecule has 4 nitrogen and oxygen atoms in total. The van der Waals surface area contributed by atoms with E-state index in [1.807, 2.05) is 6.07 Å². The first-order valence-electron chi connectivity index (χ1n) is 5.54. The van der Waals surface area contributed by atoms with E-state index in [0.717, 1.165) is 16.6 Å². The lowest BCUT2D eigenvalue weighted by molar-refractivity contribution is -0.118. The zero-order valence-corrected chi connectivity index (χ0v) is 9.12. The van der Waals surface area contributed by atoms with Crippen LogP contribution in [0.4, 0.5) is 0 Å². The number of nitrogens with one attached hydrogen (secondary N) is 1. The molecule has 0 fully saturated rings. The Kier molecular flexibility index (Phi) is 2.04. The van der Waals surface area contributed by atoms with Gasteiger partial charge in [0.25, 0.3) is 0 Å². The van der Waals surface area contributed by atoms with Crippen LogP contribution in [0.25, 0.3) is 10.9 Å². The Balaban J connectivity index is 2.31. The lowest BCUT2D eigenvalue weighted by Crippen LogP contribution is -2.11. The molecule has 2 N–H and O–H groups in total. The molecule has 0 bridgehead atoms. The number of carboxylic acids is 1. The van der Waals surface area contributed by atoms with E-state index in [2.05, 4.69) is 4.98 Å². The van der Waals surface area contributed by atoms with E-state index in [-0.39, 0.29) is 11.3 Å². The topological polar surface area (TPSA) is 70.2 Å².